The fourth-order valence-electron chi connectivity index (χ4n) is 3.61. The third-order valence-corrected chi connectivity index (χ3v) is 5.47. The van der Waals surface area contributed by atoms with Gasteiger partial charge in [-0.3, -0.25) is 0 Å². The van der Waals surface area contributed by atoms with E-state index in [0.717, 1.165) is 11.3 Å². The zero-order chi connectivity index (χ0) is 19.2. The summed E-state index contributed by atoms with van der Waals surface area (Å²) in [5.41, 5.74) is -0.294. The van der Waals surface area contributed by atoms with Crippen LogP contribution in [0.4, 0.5) is 18.9 Å². The summed E-state index contributed by atoms with van der Waals surface area (Å²) in [4.78, 5) is 5.07. The Morgan fingerprint density at radius 3 is 2.52 bits per heavy atom. The quantitative estimate of drug-likeness (QED) is 0.672. The van der Waals surface area contributed by atoms with Crippen molar-refractivity contribution >= 4 is 34.6 Å². The number of fused-ring (bicyclic) bond motifs is 1. The first-order valence-corrected chi connectivity index (χ1v) is 9.14. The predicted molar refractivity (Wildman–Crippen MR) is 99.5 cm³/mol. The van der Waals surface area contributed by atoms with Crippen LogP contribution in [0.2, 0.25) is 10.0 Å². The van der Waals surface area contributed by atoms with Gasteiger partial charge in [-0.2, -0.15) is 13.2 Å². The molecule has 3 nitrogen and oxygen atoms in total. The van der Waals surface area contributed by atoms with Crippen LogP contribution in [0, 0.1) is 5.92 Å². The number of hydrogen-bond donors (Lipinski definition) is 1. The smallest absolute Gasteiger partial charge is 0.384 e. The van der Waals surface area contributed by atoms with Crippen molar-refractivity contribution < 1.29 is 18.0 Å². The second-order valence-corrected chi connectivity index (χ2v) is 7.65. The molecule has 2 aromatic rings. The number of benzene rings is 2. The number of anilines is 1. The number of alkyl halides is 3. The number of nitrogens with zero attached hydrogens (tertiary/aromatic N) is 1. The van der Waals surface area contributed by atoms with E-state index >= 15 is 0 Å². The lowest BCUT2D eigenvalue weighted by Gasteiger charge is -2.31. The van der Waals surface area contributed by atoms with Crippen LogP contribution in [0.25, 0.3) is 0 Å². The van der Waals surface area contributed by atoms with Gasteiger partial charge in [0.25, 0.3) is 5.60 Å². The molecule has 2 aliphatic rings. The highest BCUT2D eigenvalue weighted by Crippen LogP contribution is 2.50. The molecule has 2 unspecified atom stereocenters. The van der Waals surface area contributed by atoms with Crippen LogP contribution in [-0.2, 0) is 16.9 Å². The fourth-order valence-corrected chi connectivity index (χ4v) is 4.14. The van der Waals surface area contributed by atoms with Gasteiger partial charge in [-0.05, 0) is 36.2 Å². The standard InChI is InChI=1S/C19H15Cl2F3N2O/c20-14-6-13(7-15(21)8-14)18(19(22,23)24)9-17(26-27-18)12-5-11-3-1-2-4-16(11)25-10-12/h1-4,6-8,12,25H,5,9-10H2. The number of para-hydroxylation sites is 1. The van der Waals surface area contributed by atoms with Crippen molar-refractivity contribution in [2.45, 2.75) is 24.6 Å². The highest BCUT2D eigenvalue weighted by atomic mass is 35.5. The number of halogens is 5. The van der Waals surface area contributed by atoms with Crippen molar-refractivity contribution in [2.75, 3.05) is 11.9 Å². The fraction of sp³-hybridized carbons (Fsp3) is 0.316. The summed E-state index contributed by atoms with van der Waals surface area (Å²) in [5, 5.41) is 7.35. The average Bonchev–Trinajstić information content (AvgIpc) is 3.07. The van der Waals surface area contributed by atoms with Crippen LogP contribution in [0.3, 0.4) is 0 Å². The Bertz CT molecular complexity index is 896. The highest BCUT2D eigenvalue weighted by Gasteiger charge is 2.62. The first-order valence-electron chi connectivity index (χ1n) is 8.38. The van der Waals surface area contributed by atoms with Crippen LogP contribution in [0.1, 0.15) is 17.5 Å². The van der Waals surface area contributed by atoms with Crippen molar-refractivity contribution in [3.8, 4) is 0 Å². The minimum absolute atomic E-state index is 0.117. The normalized spacial score (nSPS) is 24.6. The van der Waals surface area contributed by atoms with Crippen LogP contribution in [0.15, 0.2) is 47.6 Å². The van der Waals surface area contributed by atoms with E-state index in [9.17, 15) is 13.2 Å². The van der Waals surface area contributed by atoms with Crippen molar-refractivity contribution in [1.82, 2.24) is 0 Å². The molecule has 2 aromatic carbocycles. The summed E-state index contributed by atoms with van der Waals surface area (Å²) in [5.74, 6) is -0.182. The van der Waals surface area contributed by atoms with E-state index in [1.165, 1.54) is 18.2 Å². The van der Waals surface area contributed by atoms with Crippen molar-refractivity contribution in [3.63, 3.8) is 0 Å². The van der Waals surface area contributed by atoms with Crippen molar-refractivity contribution in [2.24, 2.45) is 11.1 Å². The summed E-state index contributed by atoms with van der Waals surface area (Å²) >= 11 is 11.9. The minimum atomic E-state index is -4.67. The molecule has 2 atom stereocenters. The highest BCUT2D eigenvalue weighted by molar-refractivity contribution is 6.34. The summed E-state index contributed by atoms with van der Waals surface area (Å²) in [7, 11) is 0. The third kappa shape index (κ3) is 3.25. The molecule has 142 valence electrons. The van der Waals surface area contributed by atoms with Gasteiger partial charge in [-0.1, -0.05) is 46.6 Å². The van der Waals surface area contributed by atoms with Crippen LogP contribution in [0.5, 0.6) is 0 Å². The number of nitrogens with one attached hydrogen (secondary N) is 1. The summed E-state index contributed by atoms with van der Waals surface area (Å²) in [6.07, 6.45) is -4.45. The molecule has 27 heavy (non-hydrogen) atoms. The molecule has 2 heterocycles. The molecule has 8 heteroatoms. The Kier molecular flexibility index (Phi) is 4.51. The maximum Gasteiger partial charge on any atom is 0.435 e. The lowest BCUT2D eigenvalue weighted by molar-refractivity contribution is -0.275. The first kappa shape index (κ1) is 18.4. The SMILES string of the molecule is FC(F)(F)C1(c2cc(Cl)cc(Cl)c2)CC(C2CNc3ccccc3C2)=NO1. The van der Waals surface area contributed by atoms with E-state index in [-0.39, 0.29) is 27.9 Å². The van der Waals surface area contributed by atoms with Gasteiger partial charge in [0.15, 0.2) is 0 Å². The molecule has 0 saturated heterocycles. The van der Waals surface area contributed by atoms with Gasteiger partial charge in [-0.15, -0.1) is 0 Å². The third-order valence-electron chi connectivity index (χ3n) is 5.03. The lowest BCUT2D eigenvalue weighted by atomic mass is 9.82. The molecule has 0 bridgehead atoms. The molecule has 1 N–H and O–H groups in total. The van der Waals surface area contributed by atoms with Gasteiger partial charge >= 0.3 is 6.18 Å². The van der Waals surface area contributed by atoms with E-state index in [1.54, 1.807) is 0 Å². The predicted octanol–water partition coefficient (Wildman–Crippen LogP) is 5.81. The number of hydrogen-bond acceptors (Lipinski definition) is 3. The Morgan fingerprint density at radius 1 is 1.11 bits per heavy atom. The zero-order valence-electron chi connectivity index (χ0n) is 14.0. The Hall–Kier alpha value is -1.92. The zero-order valence-corrected chi connectivity index (χ0v) is 15.5. The van der Waals surface area contributed by atoms with E-state index in [2.05, 4.69) is 10.5 Å². The van der Waals surface area contributed by atoms with Gasteiger partial charge in [0, 0.05) is 40.2 Å². The van der Waals surface area contributed by atoms with Gasteiger partial charge in [0.05, 0.1) is 5.71 Å². The maximum absolute atomic E-state index is 14.0. The molecular formula is C19H15Cl2F3N2O. The Labute approximate surface area is 164 Å². The molecule has 0 aromatic heterocycles. The average molecular weight is 415 g/mol. The lowest BCUT2D eigenvalue weighted by Crippen LogP contribution is -2.43. The molecule has 0 amide bonds. The molecule has 4 rings (SSSR count). The Morgan fingerprint density at radius 2 is 1.81 bits per heavy atom. The van der Waals surface area contributed by atoms with Gasteiger partial charge in [0.2, 0.25) is 0 Å². The topological polar surface area (TPSA) is 33.6 Å². The summed E-state index contributed by atoms with van der Waals surface area (Å²) in [6.45, 7) is 0.503. The largest absolute Gasteiger partial charge is 0.435 e. The van der Waals surface area contributed by atoms with E-state index < -0.39 is 11.8 Å². The van der Waals surface area contributed by atoms with E-state index in [0.29, 0.717) is 18.7 Å². The molecule has 0 saturated carbocycles. The van der Waals surface area contributed by atoms with Gasteiger partial charge < -0.3 is 10.2 Å². The van der Waals surface area contributed by atoms with Gasteiger partial charge in [-0.25, -0.2) is 0 Å². The van der Waals surface area contributed by atoms with Crippen LogP contribution in [-0.4, -0.2) is 18.4 Å². The Balaban J connectivity index is 1.65. The molecule has 0 aliphatic carbocycles. The molecule has 0 radical (unpaired) electrons. The van der Waals surface area contributed by atoms with Crippen molar-refractivity contribution in [3.05, 3.63) is 63.6 Å². The maximum atomic E-state index is 14.0. The van der Waals surface area contributed by atoms with E-state index in [4.69, 9.17) is 28.0 Å². The molecule has 0 spiro atoms. The second-order valence-electron chi connectivity index (χ2n) is 6.77. The first-order chi connectivity index (χ1) is 12.8. The number of oxime groups is 1. The molecular weight excluding hydrogens is 400 g/mol. The van der Waals surface area contributed by atoms with Crippen LogP contribution >= 0.6 is 23.2 Å². The minimum Gasteiger partial charge on any atom is -0.384 e. The summed E-state index contributed by atoms with van der Waals surface area (Å²) in [6, 6.07) is 11.6. The number of rotatable bonds is 2. The summed E-state index contributed by atoms with van der Waals surface area (Å²) < 4.78 is 42.1. The molecule has 2 aliphatic heterocycles. The second kappa shape index (κ2) is 6.60. The van der Waals surface area contributed by atoms with Gasteiger partial charge in [0.1, 0.15) is 0 Å². The van der Waals surface area contributed by atoms with Crippen molar-refractivity contribution in [1.29, 1.82) is 0 Å². The van der Waals surface area contributed by atoms with E-state index in [1.807, 2.05) is 24.3 Å². The monoisotopic (exact) mass is 414 g/mol. The molecule has 0 fully saturated rings. The van der Waals surface area contributed by atoms with Crippen LogP contribution < -0.4 is 5.32 Å².